The van der Waals surface area contributed by atoms with E-state index in [1.165, 1.54) is 25.3 Å². The number of sulfonamides is 1. The molecule has 10 nitrogen and oxygen atoms in total. The van der Waals surface area contributed by atoms with Gasteiger partial charge in [-0.05, 0) is 114 Å². The molecule has 2 aromatic rings. The summed E-state index contributed by atoms with van der Waals surface area (Å²) in [6.07, 6.45) is 3.85. The highest BCUT2D eigenvalue weighted by molar-refractivity contribution is 7.93. The van der Waals surface area contributed by atoms with Crippen LogP contribution in [0.5, 0.6) is 11.5 Å². The van der Waals surface area contributed by atoms with Crippen molar-refractivity contribution in [3.8, 4) is 11.5 Å². The largest absolute Gasteiger partial charge is 0.495 e. The average Bonchev–Trinajstić information content (AvgIpc) is 3.23. The predicted octanol–water partition coefficient (Wildman–Crippen LogP) is 4.51. The first kappa shape index (κ1) is 32.2. The van der Waals surface area contributed by atoms with Crippen molar-refractivity contribution >= 4 is 27.5 Å². The summed E-state index contributed by atoms with van der Waals surface area (Å²) in [5, 5.41) is 2.88. The Labute approximate surface area is 261 Å². The second-order valence-electron chi connectivity index (χ2n) is 13.0. The Bertz CT molecular complexity index is 1490. The number of morpholine rings is 1. The van der Waals surface area contributed by atoms with Crippen LogP contribution < -0.4 is 19.1 Å². The third kappa shape index (κ3) is 6.32. The highest BCUT2D eigenvalue weighted by Crippen LogP contribution is 2.54. The summed E-state index contributed by atoms with van der Waals surface area (Å²) >= 11 is 0. The second-order valence-corrected chi connectivity index (χ2v) is 14.8. The lowest BCUT2D eigenvalue weighted by atomic mass is 9.66. The van der Waals surface area contributed by atoms with Gasteiger partial charge in [0.2, 0.25) is 0 Å². The quantitative estimate of drug-likeness (QED) is 0.432. The summed E-state index contributed by atoms with van der Waals surface area (Å²) in [5.74, 6) is 0.283. The molecule has 0 aromatic heterocycles. The molecule has 11 heteroatoms. The van der Waals surface area contributed by atoms with Crippen molar-refractivity contribution < 1.29 is 32.2 Å². The van der Waals surface area contributed by atoms with Gasteiger partial charge < -0.3 is 19.5 Å². The third-order valence-electron chi connectivity index (χ3n) is 8.96. The van der Waals surface area contributed by atoms with Crippen molar-refractivity contribution in [2.75, 3.05) is 50.9 Å². The summed E-state index contributed by atoms with van der Waals surface area (Å²) in [6, 6.07) is 9.43. The number of ether oxygens (including phenoxy) is 3. The van der Waals surface area contributed by atoms with Crippen LogP contribution in [-0.2, 0) is 25.0 Å². The molecule has 2 fully saturated rings. The maximum Gasteiger partial charge on any atom is 0.274 e. The molecule has 2 amide bonds. The Kier molecular flexibility index (Phi) is 9.30. The fourth-order valence-corrected chi connectivity index (χ4v) is 8.30. The van der Waals surface area contributed by atoms with E-state index in [1.807, 2.05) is 33.8 Å². The number of carbonyl (C=O) groups excluding carboxylic acids is 2. The minimum Gasteiger partial charge on any atom is -0.495 e. The Hall–Kier alpha value is -3.15. The van der Waals surface area contributed by atoms with Crippen molar-refractivity contribution in [2.45, 2.75) is 75.6 Å². The SMILES string of the molecule is CCOc1ccc2c(c1)C1(CCC(CCN3CCOCC3)CC1)C(=O)N2S(=O)(=O)c1ccc(C(=O)NC(C)(C)C)cc1OC. The number of nitrogens with zero attached hydrogens (tertiary/aromatic N) is 2. The van der Waals surface area contributed by atoms with E-state index in [9.17, 15) is 18.0 Å². The van der Waals surface area contributed by atoms with Crippen molar-refractivity contribution in [2.24, 2.45) is 5.92 Å². The number of hydrogen-bond acceptors (Lipinski definition) is 8. The second kappa shape index (κ2) is 12.7. The molecule has 1 saturated heterocycles. The molecule has 44 heavy (non-hydrogen) atoms. The van der Waals surface area contributed by atoms with Gasteiger partial charge in [-0.15, -0.1) is 0 Å². The van der Waals surface area contributed by atoms with E-state index in [0.29, 0.717) is 42.4 Å². The van der Waals surface area contributed by atoms with E-state index in [1.54, 1.807) is 12.1 Å². The molecule has 0 radical (unpaired) electrons. The minimum atomic E-state index is -4.39. The summed E-state index contributed by atoms with van der Waals surface area (Å²) in [5.41, 5.74) is -0.121. The van der Waals surface area contributed by atoms with Gasteiger partial charge >= 0.3 is 0 Å². The maximum absolute atomic E-state index is 14.5. The Morgan fingerprint density at radius 1 is 1.09 bits per heavy atom. The molecular weight excluding hydrogens is 582 g/mol. The van der Waals surface area contributed by atoms with Crippen LogP contribution in [0.2, 0.25) is 0 Å². The van der Waals surface area contributed by atoms with Gasteiger partial charge in [-0.2, -0.15) is 0 Å². The van der Waals surface area contributed by atoms with Crippen molar-refractivity contribution in [1.82, 2.24) is 10.2 Å². The van der Waals surface area contributed by atoms with Crippen molar-refractivity contribution in [3.63, 3.8) is 0 Å². The van der Waals surface area contributed by atoms with Gasteiger partial charge in [-0.1, -0.05) is 0 Å². The number of nitrogens with one attached hydrogen (secondary N) is 1. The van der Waals surface area contributed by atoms with Crippen LogP contribution in [-0.4, -0.2) is 77.2 Å². The number of anilines is 1. The Morgan fingerprint density at radius 2 is 1.80 bits per heavy atom. The van der Waals surface area contributed by atoms with Crippen LogP contribution in [0.25, 0.3) is 0 Å². The van der Waals surface area contributed by atoms with E-state index in [0.717, 1.165) is 56.4 Å². The minimum absolute atomic E-state index is 0.000355. The van der Waals surface area contributed by atoms with Crippen LogP contribution in [0, 0.1) is 5.92 Å². The summed E-state index contributed by atoms with van der Waals surface area (Å²) < 4.78 is 46.4. The molecule has 2 heterocycles. The van der Waals surface area contributed by atoms with Crippen molar-refractivity contribution in [3.05, 3.63) is 47.5 Å². The molecule has 0 atom stereocenters. The number of carbonyl (C=O) groups is 2. The molecule has 1 saturated carbocycles. The maximum atomic E-state index is 14.5. The first-order chi connectivity index (χ1) is 20.9. The molecule has 3 aliphatic rings. The summed E-state index contributed by atoms with van der Waals surface area (Å²) in [6.45, 7) is 12.4. The number of benzene rings is 2. The molecule has 1 aliphatic carbocycles. The molecule has 2 aromatic carbocycles. The number of fused-ring (bicyclic) bond motifs is 2. The van der Waals surface area contributed by atoms with Crippen molar-refractivity contribution in [1.29, 1.82) is 0 Å². The normalized spacial score (nSPS) is 22.6. The van der Waals surface area contributed by atoms with Gasteiger partial charge in [-0.3, -0.25) is 14.5 Å². The molecular formula is C33H45N3O7S. The average molecular weight is 628 g/mol. The van der Waals surface area contributed by atoms with E-state index in [4.69, 9.17) is 14.2 Å². The van der Waals surface area contributed by atoms with E-state index >= 15 is 0 Å². The van der Waals surface area contributed by atoms with Gasteiger partial charge in [0.1, 0.15) is 16.4 Å². The molecule has 0 bridgehead atoms. The van der Waals surface area contributed by atoms with E-state index < -0.39 is 26.9 Å². The highest BCUT2D eigenvalue weighted by atomic mass is 32.2. The fraction of sp³-hybridized carbons (Fsp3) is 0.576. The molecule has 2 aliphatic heterocycles. The zero-order chi connectivity index (χ0) is 31.7. The number of methoxy groups -OCH3 is 1. The lowest BCUT2D eigenvalue weighted by Gasteiger charge is -2.37. The molecule has 240 valence electrons. The van der Waals surface area contributed by atoms with Crippen LogP contribution in [0.1, 0.15) is 75.7 Å². The predicted molar refractivity (Wildman–Crippen MR) is 168 cm³/mol. The van der Waals surface area contributed by atoms with Gasteiger partial charge in [0.05, 0.1) is 38.0 Å². The third-order valence-corrected chi connectivity index (χ3v) is 10.7. The van der Waals surface area contributed by atoms with E-state index in [2.05, 4.69) is 10.2 Å². The lowest BCUT2D eigenvalue weighted by molar-refractivity contribution is -0.123. The number of amides is 2. The van der Waals surface area contributed by atoms with Crippen LogP contribution in [0.3, 0.4) is 0 Å². The molecule has 1 N–H and O–H groups in total. The lowest BCUT2D eigenvalue weighted by Crippen LogP contribution is -2.45. The fourth-order valence-electron chi connectivity index (χ4n) is 6.65. The molecule has 0 unspecified atom stereocenters. The van der Waals surface area contributed by atoms with Gasteiger partial charge in [0.15, 0.2) is 0 Å². The zero-order valence-corrected chi connectivity index (χ0v) is 27.3. The monoisotopic (exact) mass is 627 g/mol. The highest BCUT2D eigenvalue weighted by Gasteiger charge is 2.56. The Morgan fingerprint density at radius 3 is 2.43 bits per heavy atom. The molecule has 1 spiro atoms. The van der Waals surface area contributed by atoms with Gasteiger partial charge in [0, 0.05) is 24.2 Å². The Balaban J connectivity index is 1.45. The topological polar surface area (TPSA) is 114 Å². The summed E-state index contributed by atoms with van der Waals surface area (Å²) in [4.78, 5) is 29.5. The van der Waals surface area contributed by atoms with Crippen LogP contribution in [0.4, 0.5) is 5.69 Å². The first-order valence-corrected chi connectivity index (χ1v) is 17.0. The summed E-state index contributed by atoms with van der Waals surface area (Å²) in [7, 11) is -3.04. The van der Waals surface area contributed by atoms with Gasteiger partial charge in [0.25, 0.3) is 21.8 Å². The standard InChI is InChI=1S/C33H45N3O7S/c1-6-43-25-8-9-27-26(22-25)33(14-11-23(12-15-33)13-16-35-17-19-42-20-18-35)31(38)36(27)44(39,40)29-10-7-24(21-28(29)41-5)30(37)34-32(2,3)4/h7-10,21-23H,6,11-20H2,1-5H3,(H,34,37). The zero-order valence-electron chi connectivity index (χ0n) is 26.5. The number of hydrogen-bond donors (Lipinski definition) is 1. The first-order valence-electron chi connectivity index (χ1n) is 15.6. The number of rotatable bonds is 9. The van der Waals surface area contributed by atoms with Crippen LogP contribution in [0.15, 0.2) is 41.3 Å². The smallest absolute Gasteiger partial charge is 0.274 e. The van der Waals surface area contributed by atoms with E-state index in [-0.39, 0.29) is 22.1 Å². The molecule has 5 rings (SSSR count). The van der Waals surface area contributed by atoms with Crippen LogP contribution >= 0.6 is 0 Å². The van der Waals surface area contributed by atoms with Gasteiger partial charge in [-0.25, -0.2) is 12.7 Å².